The average Bonchev–Trinajstić information content (AvgIpc) is 2.80. The Labute approximate surface area is 105 Å². The molecule has 0 spiro atoms. The van der Waals surface area contributed by atoms with Gasteiger partial charge in [-0.05, 0) is 37.5 Å². The molecule has 1 atom stereocenters. The van der Waals surface area contributed by atoms with E-state index in [2.05, 4.69) is 6.92 Å². The van der Waals surface area contributed by atoms with E-state index in [4.69, 9.17) is 0 Å². The zero-order valence-electron chi connectivity index (χ0n) is 11.3. The molecule has 0 radical (unpaired) electrons. The van der Waals surface area contributed by atoms with Crippen molar-refractivity contribution in [1.82, 2.24) is 9.80 Å². The van der Waals surface area contributed by atoms with Gasteiger partial charge in [0.2, 0.25) is 0 Å². The van der Waals surface area contributed by atoms with Gasteiger partial charge in [0.1, 0.15) is 0 Å². The highest BCUT2D eigenvalue weighted by atomic mass is 16.2. The standard InChI is InChI=1S/C14H26N2O/c1-12-6-5-9-16(10-12)14(17)15(2)11-13-7-3-4-8-13/h12-13H,3-11H2,1-2H3. The molecule has 0 aromatic heterocycles. The summed E-state index contributed by atoms with van der Waals surface area (Å²) >= 11 is 0. The van der Waals surface area contributed by atoms with Gasteiger partial charge in [-0.3, -0.25) is 0 Å². The minimum absolute atomic E-state index is 0.253. The topological polar surface area (TPSA) is 23.6 Å². The largest absolute Gasteiger partial charge is 0.327 e. The Kier molecular flexibility index (Phi) is 4.30. The van der Waals surface area contributed by atoms with Gasteiger partial charge in [0.05, 0.1) is 0 Å². The maximum Gasteiger partial charge on any atom is 0.319 e. The number of carbonyl (C=O) groups is 1. The number of rotatable bonds is 2. The number of urea groups is 1. The molecule has 1 aliphatic heterocycles. The molecule has 1 unspecified atom stereocenters. The van der Waals surface area contributed by atoms with Crippen molar-refractivity contribution in [3.05, 3.63) is 0 Å². The summed E-state index contributed by atoms with van der Waals surface area (Å²) in [6.45, 7) is 5.12. The SMILES string of the molecule is CC1CCCN(C(=O)N(C)CC2CCCC2)C1. The van der Waals surface area contributed by atoms with Crippen LogP contribution in [0.25, 0.3) is 0 Å². The molecule has 2 rings (SSSR count). The molecule has 1 heterocycles. The van der Waals surface area contributed by atoms with E-state index in [1.54, 1.807) is 0 Å². The van der Waals surface area contributed by atoms with Gasteiger partial charge in [0, 0.05) is 26.7 Å². The molecule has 2 fully saturated rings. The summed E-state index contributed by atoms with van der Waals surface area (Å²) < 4.78 is 0. The van der Waals surface area contributed by atoms with Crippen LogP contribution in [0.2, 0.25) is 0 Å². The highest BCUT2D eigenvalue weighted by Gasteiger charge is 2.25. The second kappa shape index (κ2) is 5.74. The first-order valence-corrected chi connectivity index (χ1v) is 7.17. The molecule has 1 aliphatic carbocycles. The summed E-state index contributed by atoms with van der Waals surface area (Å²) in [5, 5.41) is 0. The van der Waals surface area contributed by atoms with Crippen LogP contribution in [0.15, 0.2) is 0 Å². The third kappa shape index (κ3) is 3.36. The molecule has 0 N–H and O–H groups in total. The van der Waals surface area contributed by atoms with Crippen molar-refractivity contribution >= 4 is 6.03 Å². The van der Waals surface area contributed by atoms with Crippen LogP contribution < -0.4 is 0 Å². The Bertz CT molecular complexity index is 261. The van der Waals surface area contributed by atoms with Crippen LogP contribution in [0.1, 0.15) is 45.4 Å². The minimum atomic E-state index is 0.253. The number of amides is 2. The van der Waals surface area contributed by atoms with Crippen LogP contribution in [0.3, 0.4) is 0 Å². The summed E-state index contributed by atoms with van der Waals surface area (Å²) in [6.07, 6.45) is 7.78. The molecule has 3 nitrogen and oxygen atoms in total. The first-order valence-electron chi connectivity index (χ1n) is 7.17. The highest BCUT2D eigenvalue weighted by Crippen LogP contribution is 2.25. The van der Waals surface area contributed by atoms with Gasteiger partial charge in [-0.1, -0.05) is 19.8 Å². The Morgan fingerprint density at radius 1 is 1.24 bits per heavy atom. The van der Waals surface area contributed by atoms with Crippen molar-refractivity contribution in [3.63, 3.8) is 0 Å². The van der Waals surface area contributed by atoms with Crippen molar-refractivity contribution in [2.24, 2.45) is 11.8 Å². The van der Waals surface area contributed by atoms with Gasteiger partial charge in [0.15, 0.2) is 0 Å². The van der Waals surface area contributed by atoms with Gasteiger partial charge in [-0.25, -0.2) is 4.79 Å². The number of carbonyl (C=O) groups excluding carboxylic acids is 1. The van der Waals surface area contributed by atoms with E-state index in [0.717, 1.165) is 25.6 Å². The highest BCUT2D eigenvalue weighted by molar-refractivity contribution is 5.74. The first kappa shape index (κ1) is 12.7. The zero-order valence-corrected chi connectivity index (χ0v) is 11.3. The van der Waals surface area contributed by atoms with Crippen LogP contribution in [0.4, 0.5) is 4.79 Å². The summed E-state index contributed by atoms with van der Waals surface area (Å²) in [4.78, 5) is 16.3. The molecule has 1 saturated heterocycles. The summed E-state index contributed by atoms with van der Waals surface area (Å²) in [5.41, 5.74) is 0. The Morgan fingerprint density at radius 2 is 1.94 bits per heavy atom. The predicted octanol–water partition coefficient (Wildman–Crippen LogP) is 2.96. The molecule has 0 bridgehead atoms. The average molecular weight is 238 g/mol. The monoisotopic (exact) mass is 238 g/mol. The third-order valence-corrected chi connectivity index (χ3v) is 4.26. The Morgan fingerprint density at radius 3 is 2.59 bits per heavy atom. The lowest BCUT2D eigenvalue weighted by molar-refractivity contribution is 0.134. The second-order valence-electron chi connectivity index (χ2n) is 6.01. The van der Waals surface area contributed by atoms with E-state index in [0.29, 0.717) is 5.92 Å². The molecule has 98 valence electrons. The number of hydrogen-bond donors (Lipinski definition) is 0. The maximum atomic E-state index is 12.3. The van der Waals surface area contributed by atoms with Crippen molar-refractivity contribution in [2.45, 2.75) is 45.4 Å². The van der Waals surface area contributed by atoms with Crippen molar-refractivity contribution in [3.8, 4) is 0 Å². The first-order chi connectivity index (χ1) is 8.16. The third-order valence-electron chi connectivity index (χ3n) is 4.26. The quantitative estimate of drug-likeness (QED) is 0.725. The molecule has 17 heavy (non-hydrogen) atoms. The van der Waals surface area contributed by atoms with Crippen molar-refractivity contribution in [1.29, 1.82) is 0 Å². The number of piperidine rings is 1. The number of likely N-dealkylation sites (tertiary alicyclic amines) is 1. The van der Waals surface area contributed by atoms with Crippen LogP contribution >= 0.6 is 0 Å². The normalized spacial score (nSPS) is 26.2. The lowest BCUT2D eigenvalue weighted by Crippen LogP contribution is -2.46. The van der Waals surface area contributed by atoms with E-state index in [-0.39, 0.29) is 6.03 Å². The van der Waals surface area contributed by atoms with Crippen LogP contribution in [0.5, 0.6) is 0 Å². The van der Waals surface area contributed by atoms with E-state index >= 15 is 0 Å². The minimum Gasteiger partial charge on any atom is -0.327 e. The molecular weight excluding hydrogens is 212 g/mol. The molecule has 3 heteroatoms. The Balaban J connectivity index is 1.81. The van der Waals surface area contributed by atoms with E-state index in [9.17, 15) is 4.79 Å². The smallest absolute Gasteiger partial charge is 0.319 e. The molecule has 2 aliphatic rings. The van der Waals surface area contributed by atoms with Crippen LogP contribution in [-0.4, -0.2) is 42.5 Å². The van der Waals surface area contributed by atoms with Gasteiger partial charge >= 0.3 is 6.03 Å². The molecular formula is C14H26N2O. The Hall–Kier alpha value is -0.730. The van der Waals surface area contributed by atoms with Crippen molar-refractivity contribution in [2.75, 3.05) is 26.7 Å². The van der Waals surface area contributed by atoms with Crippen LogP contribution in [-0.2, 0) is 0 Å². The molecule has 0 aromatic rings. The van der Waals surface area contributed by atoms with E-state index in [1.165, 1.54) is 38.5 Å². The maximum absolute atomic E-state index is 12.3. The number of nitrogens with zero attached hydrogens (tertiary/aromatic N) is 2. The lowest BCUT2D eigenvalue weighted by atomic mass is 10.0. The molecule has 2 amide bonds. The zero-order chi connectivity index (χ0) is 12.3. The summed E-state index contributed by atoms with van der Waals surface area (Å²) in [5.74, 6) is 1.43. The fourth-order valence-electron chi connectivity index (χ4n) is 3.26. The van der Waals surface area contributed by atoms with Crippen LogP contribution in [0, 0.1) is 11.8 Å². The molecule has 0 aromatic carbocycles. The number of hydrogen-bond acceptors (Lipinski definition) is 1. The predicted molar refractivity (Wildman–Crippen MR) is 70.0 cm³/mol. The summed E-state index contributed by atoms with van der Waals surface area (Å²) in [7, 11) is 1.97. The van der Waals surface area contributed by atoms with Gasteiger partial charge in [-0.2, -0.15) is 0 Å². The van der Waals surface area contributed by atoms with Gasteiger partial charge in [-0.15, -0.1) is 0 Å². The second-order valence-corrected chi connectivity index (χ2v) is 6.01. The molecule has 1 saturated carbocycles. The lowest BCUT2D eigenvalue weighted by Gasteiger charge is -2.34. The van der Waals surface area contributed by atoms with Gasteiger partial charge < -0.3 is 9.80 Å². The van der Waals surface area contributed by atoms with E-state index < -0.39 is 0 Å². The van der Waals surface area contributed by atoms with Gasteiger partial charge in [0.25, 0.3) is 0 Å². The fraction of sp³-hybridized carbons (Fsp3) is 0.929. The summed E-state index contributed by atoms with van der Waals surface area (Å²) in [6, 6.07) is 0.253. The van der Waals surface area contributed by atoms with E-state index in [1.807, 2.05) is 16.8 Å². The fourth-order valence-corrected chi connectivity index (χ4v) is 3.26. The van der Waals surface area contributed by atoms with Crippen molar-refractivity contribution < 1.29 is 4.79 Å².